The molecule has 0 aliphatic rings. The third-order valence-electron chi connectivity index (χ3n) is 3.00. The molecule has 1 aromatic carbocycles. The topological polar surface area (TPSA) is 68.7 Å². The van der Waals surface area contributed by atoms with Crippen LogP contribution in [0.4, 0.5) is 4.39 Å². The quantitative estimate of drug-likeness (QED) is 0.472. The van der Waals surface area contributed by atoms with Crippen molar-refractivity contribution in [2.45, 2.75) is 12.8 Å². The molecule has 0 amide bonds. The van der Waals surface area contributed by atoms with E-state index in [4.69, 9.17) is 9.26 Å². The van der Waals surface area contributed by atoms with Gasteiger partial charge < -0.3 is 14.2 Å². The number of nitrogens with zero attached hydrogens (tertiary/aromatic N) is 1. The highest BCUT2D eigenvalue weighted by molar-refractivity contribution is 7.46. The molecule has 2 atom stereocenters. The normalized spacial score (nSPS) is 13.5. The number of alkyl halides is 1. The first-order valence-corrected chi connectivity index (χ1v) is 8.27. The first-order chi connectivity index (χ1) is 11.1. The van der Waals surface area contributed by atoms with Gasteiger partial charge in [-0.3, -0.25) is 4.98 Å². The van der Waals surface area contributed by atoms with Crippen LogP contribution in [0.1, 0.15) is 28.8 Å². The van der Waals surface area contributed by atoms with Crippen LogP contribution in [0.5, 0.6) is 0 Å². The second-order valence-corrected chi connectivity index (χ2v) is 5.94. The Kier molecular flexibility index (Phi) is 6.16. The summed E-state index contributed by atoms with van der Waals surface area (Å²) in [4.78, 5) is 25.6. The lowest BCUT2D eigenvalue weighted by Gasteiger charge is -2.14. The van der Waals surface area contributed by atoms with Gasteiger partial charge in [0.15, 0.2) is 5.91 Å². The Labute approximate surface area is 134 Å². The number of hydrogen-bond donors (Lipinski definition) is 1. The van der Waals surface area contributed by atoms with E-state index in [9.17, 15) is 14.1 Å². The van der Waals surface area contributed by atoms with Gasteiger partial charge in [0.1, 0.15) is 6.61 Å². The lowest BCUT2D eigenvalue weighted by Crippen LogP contribution is -2.05. The minimum Gasteiger partial charge on any atom is -0.458 e. The van der Waals surface area contributed by atoms with Crippen LogP contribution in [-0.2, 0) is 9.26 Å². The fraction of sp³-hybridized carbons (Fsp3) is 0.250. The molecule has 0 aliphatic heterocycles. The molecule has 2 aromatic rings. The summed E-state index contributed by atoms with van der Waals surface area (Å²) in [6.45, 7) is 5.50. The maximum absolute atomic E-state index is 14.2. The molecule has 0 aliphatic carbocycles. The van der Waals surface area contributed by atoms with E-state index >= 15 is 0 Å². The molecule has 1 N–H and O–H groups in total. The van der Waals surface area contributed by atoms with E-state index in [2.05, 4.69) is 11.6 Å². The molecule has 0 spiro atoms. The van der Waals surface area contributed by atoms with Crippen LogP contribution in [0.25, 0.3) is 10.9 Å². The predicted octanol–water partition coefficient (Wildman–Crippen LogP) is 3.89. The van der Waals surface area contributed by atoms with Crippen LogP contribution >= 0.6 is 8.38 Å². The van der Waals surface area contributed by atoms with Gasteiger partial charge in [0.05, 0.1) is 17.7 Å². The van der Waals surface area contributed by atoms with Gasteiger partial charge in [0.25, 0.3) is 0 Å². The lowest BCUT2D eigenvalue weighted by atomic mass is 10.1. The van der Waals surface area contributed by atoms with Crippen molar-refractivity contribution in [2.75, 3.05) is 13.2 Å². The van der Waals surface area contributed by atoms with Crippen LogP contribution in [0.2, 0.25) is 0 Å². The number of carbonyl (C=O) groups is 1. The van der Waals surface area contributed by atoms with Gasteiger partial charge in [-0.05, 0) is 31.2 Å². The molecule has 122 valence electrons. The van der Waals surface area contributed by atoms with E-state index < -0.39 is 20.3 Å². The summed E-state index contributed by atoms with van der Waals surface area (Å²) >= 11 is 0. The van der Waals surface area contributed by atoms with Gasteiger partial charge in [-0.15, -0.1) is 0 Å². The van der Waals surface area contributed by atoms with Crippen molar-refractivity contribution < 1.29 is 23.3 Å². The molecule has 0 bridgehead atoms. The molecule has 0 radical (unpaired) electrons. The summed E-state index contributed by atoms with van der Waals surface area (Å²) in [6.07, 6.45) is 2.83. The van der Waals surface area contributed by atoms with Crippen LogP contribution in [0.3, 0.4) is 0 Å². The Morgan fingerprint density at radius 3 is 3.00 bits per heavy atom. The van der Waals surface area contributed by atoms with E-state index in [0.29, 0.717) is 16.5 Å². The summed E-state index contributed by atoms with van der Waals surface area (Å²) in [7, 11) is -2.21. The molecule has 1 aromatic heterocycles. The van der Waals surface area contributed by atoms with Gasteiger partial charge in [0.2, 0.25) is 8.38 Å². The standard InChI is InChI=1S/C16H17FNO4P/c1-3-7-21-16(19)11-5-6-14-12(8-11)9-13(10-18-14)15(17)23(20)22-4-2/h3,5-6,8-10,15,20H,1,4,7H2,2H3. The highest BCUT2D eigenvalue weighted by Gasteiger charge is 2.22. The summed E-state index contributed by atoms with van der Waals surface area (Å²) < 4.78 is 24.1. The molecule has 0 saturated carbocycles. The molecular formula is C16H17FNO4P. The Hall–Kier alpha value is -1.88. The van der Waals surface area contributed by atoms with Crippen LogP contribution in [0.15, 0.2) is 43.1 Å². The lowest BCUT2D eigenvalue weighted by molar-refractivity contribution is 0.0550. The summed E-state index contributed by atoms with van der Waals surface area (Å²) in [6, 6.07) is 6.36. The zero-order valence-corrected chi connectivity index (χ0v) is 13.5. The number of pyridine rings is 1. The van der Waals surface area contributed by atoms with E-state index in [1.54, 1.807) is 31.2 Å². The number of esters is 1. The highest BCUT2D eigenvalue weighted by Crippen LogP contribution is 2.49. The van der Waals surface area contributed by atoms with Gasteiger partial charge in [0, 0.05) is 17.1 Å². The first kappa shape index (κ1) is 17.5. The number of halogens is 1. The molecule has 2 rings (SSSR count). The molecule has 5 nitrogen and oxygen atoms in total. The number of carbonyl (C=O) groups excluding carboxylic acids is 1. The zero-order chi connectivity index (χ0) is 16.8. The second-order valence-electron chi connectivity index (χ2n) is 4.62. The van der Waals surface area contributed by atoms with Gasteiger partial charge >= 0.3 is 5.97 Å². The number of aromatic nitrogens is 1. The number of ether oxygens (including phenoxy) is 1. The first-order valence-electron chi connectivity index (χ1n) is 6.99. The molecule has 7 heteroatoms. The number of hydrogen-bond acceptors (Lipinski definition) is 5. The minimum atomic E-state index is -2.21. The monoisotopic (exact) mass is 337 g/mol. The van der Waals surface area contributed by atoms with Crippen molar-refractivity contribution in [1.29, 1.82) is 0 Å². The second kappa shape index (κ2) is 8.11. The van der Waals surface area contributed by atoms with Crippen molar-refractivity contribution in [2.24, 2.45) is 0 Å². The average Bonchev–Trinajstić information content (AvgIpc) is 2.58. The Morgan fingerprint density at radius 1 is 1.52 bits per heavy atom. The third-order valence-corrected chi connectivity index (χ3v) is 4.21. The largest absolute Gasteiger partial charge is 0.458 e. The number of fused-ring (bicyclic) bond motifs is 1. The Balaban J connectivity index is 2.30. The maximum atomic E-state index is 14.2. The van der Waals surface area contributed by atoms with Gasteiger partial charge in [-0.2, -0.15) is 0 Å². The van der Waals surface area contributed by atoms with Crippen molar-refractivity contribution in [1.82, 2.24) is 4.98 Å². The summed E-state index contributed by atoms with van der Waals surface area (Å²) in [5, 5.41) is 0.582. The molecule has 2 unspecified atom stereocenters. The Bertz CT molecular complexity index is 710. The molecule has 0 saturated heterocycles. The van der Waals surface area contributed by atoms with Gasteiger partial charge in [-0.25, -0.2) is 9.18 Å². The minimum absolute atomic E-state index is 0.116. The van der Waals surface area contributed by atoms with Crippen LogP contribution in [-0.4, -0.2) is 29.1 Å². The molecule has 23 heavy (non-hydrogen) atoms. The van der Waals surface area contributed by atoms with E-state index in [1.165, 1.54) is 12.3 Å². The fourth-order valence-electron chi connectivity index (χ4n) is 1.95. The number of rotatable bonds is 7. The van der Waals surface area contributed by atoms with Crippen molar-refractivity contribution in [3.8, 4) is 0 Å². The molecule has 0 fully saturated rings. The molecule has 1 heterocycles. The van der Waals surface area contributed by atoms with Crippen LogP contribution < -0.4 is 0 Å². The predicted molar refractivity (Wildman–Crippen MR) is 86.8 cm³/mol. The third kappa shape index (κ3) is 4.32. The average molecular weight is 337 g/mol. The fourth-order valence-corrected chi connectivity index (χ4v) is 2.74. The van der Waals surface area contributed by atoms with E-state index in [1.807, 2.05) is 0 Å². The number of benzene rings is 1. The zero-order valence-electron chi connectivity index (χ0n) is 12.6. The van der Waals surface area contributed by atoms with Gasteiger partial charge in [-0.1, -0.05) is 12.7 Å². The highest BCUT2D eigenvalue weighted by atomic mass is 31.2. The SMILES string of the molecule is C=CCOC(=O)c1ccc2ncc(C(F)P(O)OCC)cc2c1. The Morgan fingerprint density at radius 2 is 2.30 bits per heavy atom. The van der Waals surface area contributed by atoms with E-state index in [0.717, 1.165) is 0 Å². The van der Waals surface area contributed by atoms with Crippen molar-refractivity contribution >= 4 is 25.2 Å². The summed E-state index contributed by atoms with van der Waals surface area (Å²) in [5.74, 6) is -2.15. The maximum Gasteiger partial charge on any atom is 0.338 e. The van der Waals surface area contributed by atoms with Crippen LogP contribution in [0, 0.1) is 0 Å². The smallest absolute Gasteiger partial charge is 0.338 e. The van der Waals surface area contributed by atoms with Crippen molar-refractivity contribution in [3.63, 3.8) is 0 Å². The molecular weight excluding hydrogens is 320 g/mol. The van der Waals surface area contributed by atoms with Crippen molar-refractivity contribution in [3.05, 3.63) is 54.2 Å². The summed E-state index contributed by atoms with van der Waals surface area (Å²) in [5.41, 5.74) is 1.15. The van der Waals surface area contributed by atoms with E-state index in [-0.39, 0.29) is 18.8 Å².